The molecule has 0 unspecified atom stereocenters. The van der Waals surface area contributed by atoms with Crippen molar-refractivity contribution in [3.63, 3.8) is 0 Å². The summed E-state index contributed by atoms with van der Waals surface area (Å²) in [7, 11) is 1.81. The Morgan fingerprint density at radius 2 is 1.80 bits per heavy atom. The van der Waals surface area contributed by atoms with Gasteiger partial charge in [-0.05, 0) is 17.7 Å². The lowest BCUT2D eigenvalue weighted by Gasteiger charge is -2.15. The Kier molecular flexibility index (Phi) is 3.48. The number of carbonyl (C=O) groups excluding carboxylic acids is 1. The second-order valence-corrected chi connectivity index (χ2v) is 5.66. The van der Waals surface area contributed by atoms with Crippen LogP contribution in [0.3, 0.4) is 0 Å². The normalized spacial score (nSPS) is 10.7. The zero-order chi connectivity index (χ0) is 13.9. The van der Waals surface area contributed by atoms with Crippen LogP contribution in [0.5, 0.6) is 0 Å². The molecule has 0 bridgehead atoms. The number of carbonyl (C=O) groups is 1. The Labute approximate surface area is 121 Å². The maximum Gasteiger partial charge on any atom is 0.282 e. The predicted molar refractivity (Wildman–Crippen MR) is 81.9 cm³/mol. The smallest absolute Gasteiger partial charge is 0.282 e. The van der Waals surface area contributed by atoms with Crippen molar-refractivity contribution in [3.05, 3.63) is 65.2 Å². The fourth-order valence-corrected chi connectivity index (χ4v) is 3.02. The summed E-state index contributed by atoms with van der Waals surface area (Å²) in [5, 5.41) is 0.546. The van der Waals surface area contributed by atoms with Crippen molar-refractivity contribution in [2.45, 2.75) is 6.54 Å². The monoisotopic (exact) mass is 282 g/mol. The number of thiazole rings is 1. The summed E-state index contributed by atoms with van der Waals surface area (Å²) in [6, 6.07) is 17.8. The van der Waals surface area contributed by atoms with Crippen LogP contribution in [0.1, 0.15) is 15.4 Å². The Hall–Kier alpha value is -2.20. The quantitative estimate of drug-likeness (QED) is 0.736. The number of nitrogens with zero attached hydrogens (tertiary/aromatic N) is 2. The van der Waals surface area contributed by atoms with E-state index in [4.69, 9.17) is 0 Å². The molecule has 2 aromatic carbocycles. The number of benzene rings is 2. The summed E-state index contributed by atoms with van der Waals surface area (Å²) in [5.41, 5.74) is 2.00. The highest BCUT2D eigenvalue weighted by Gasteiger charge is 2.16. The number of hydrogen-bond acceptors (Lipinski definition) is 3. The number of rotatable bonds is 3. The molecule has 20 heavy (non-hydrogen) atoms. The van der Waals surface area contributed by atoms with E-state index in [-0.39, 0.29) is 5.91 Å². The highest BCUT2D eigenvalue weighted by atomic mass is 32.1. The molecule has 0 fully saturated rings. The van der Waals surface area contributed by atoms with E-state index in [1.54, 1.807) is 11.9 Å². The average Bonchev–Trinajstić information content (AvgIpc) is 2.91. The van der Waals surface area contributed by atoms with Gasteiger partial charge in [0.2, 0.25) is 0 Å². The lowest BCUT2D eigenvalue weighted by Crippen LogP contribution is -2.25. The predicted octanol–water partition coefficient (Wildman–Crippen LogP) is 3.57. The van der Waals surface area contributed by atoms with Crippen LogP contribution in [0.2, 0.25) is 0 Å². The molecule has 0 saturated heterocycles. The van der Waals surface area contributed by atoms with Crippen molar-refractivity contribution in [2.24, 2.45) is 0 Å². The van der Waals surface area contributed by atoms with Crippen molar-refractivity contribution in [2.75, 3.05) is 7.05 Å². The minimum absolute atomic E-state index is 0.0324. The summed E-state index contributed by atoms with van der Waals surface area (Å²) in [6.07, 6.45) is 0. The topological polar surface area (TPSA) is 33.2 Å². The van der Waals surface area contributed by atoms with Gasteiger partial charge < -0.3 is 4.90 Å². The fourth-order valence-electron chi connectivity index (χ4n) is 2.06. The van der Waals surface area contributed by atoms with Crippen molar-refractivity contribution in [3.8, 4) is 0 Å². The minimum Gasteiger partial charge on any atom is -0.335 e. The van der Waals surface area contributed by atoms with Gasteiger partial charge in [-0.15, -0.1) is 11.3 Å². The molecule has 3 nitrogen and oxygen atoms in total. The SMILES string of the molecule is CN(Cc1ccccc1)C(=O)c1nc2ccccc2s1. The molecule has 1 heterocycles. The molecule has 0 radical (unpaired) electrons. The fraction of sp³-hybridized carbons (Fsp3) is 0.125. The lowest BCUT2D eigenvalue weighted by molar-refractivity contribution is 0.0785. The third-order valence-corrected chi connectivity index (χ3v) is 4.11. The zero-order valence-corrected chi connectivity index (χ0v) is 11.9. The first-order chi connectivity index (χ1) is 9.74. The van der Waals surface area contributed by atoms with E-state index in [1.165, 1.54) is 11.3 Å². The summed E-state index contributed by atoms with van der Waals surface area (Å²) in [5.74, 6) is -0.0324. The number of aromatic nitrogens is 1. The lowest BCUT2D eigenvalue weighted by atomic mass is 10.2. The minimum atomic E-state index is -0.0324. The maximum absolute atomic E-state index is 12.4. The molecule has 0 aliphatic carbocycles. The molecule has 4 heteroatoms. The van der Waals surface area contributed by atoms with Crippen LogP contribution in [0, 0.1) is 0 Å². The van der Waals surface area contributed by atoms with Crippen LogP contribution in [-0.4, -0.2) is 22.8 Å². The van der Waals surface area contributed by atoms with E-state index < -0.39 is 0 Å². The molecule has 1 amide bonds. The molecular formula is C16H14N2OS. The van der Waals surface area contributed by atoms with Gasteiger partial charge in [0.1, 0.15) is 0 Å². The summed E-state index contributed by atoms with van der Waals surface area (Å²) >= 11 is 1.44. The maximum atomic E-state index is 12.4. The third-order valence-electron chi connectivity index (χ3n) is 3.09. The van der Waals surface area contributed by atoms with E-state index in [9.17, 15) is 4.79 Å². The van der Waals surface area contributed by atoms with E-state index in [1.807, 2.05) is 54.6 Å². The van der Waals surface area contributed by atoms with Crippen molar-refractivity contribution in [1.82, 2.24) is 9.88 Å². The number of hydrogen-bond donors (Lipinski definition) is 0. The van der Waals surface area contributed by atoms with Crippen LogP contribution >= 0.6 is 11.3 Å². The first-order valence-corrected chi connectivity index (χ1v) is 7.20. The summed E-state index contributed by atoms with van der Waals surface area (Å²) < 4.78 is 1.05. The van der Waals surface area contributed by atoms with Crippen LogP contribution in [0.4, 0.5) is 0 Å². The standard InChI is InChI=1S/C16H14N2OS/c1-18(11-12-7-3-2-4-8-12)16(19)15-17-13-9-5-6-10-14(13)20-15/h2-10H,11H2,1H3. The molecule has 0 atom stereocenters. The van der Waals surface area contributed by atoms with Gasteiger partial charge in [-0.1, -0.05) is 42.5 Å². The van der Waals surface area contributed by atoms with Gasteiger partial charge in [-0.3, -0.25) is 4.79 Å². The first kappa shape index (κ1) is 12.8. The molecule has 0 aliphatic rings. The van der Waals surface area contributed by atoms with E-state index in [0.717, 1.165) is 15.8 Å². The molecule has 3 rings (SSSR count). The van der Waals surface area contributed by atoms with Gasteiger partial charge in [0.25, 0.3) is 5.91 Å². The Morgan fingerprint density at radius 1 is 1.10 bits per heavy atom. The first-order valence-electron chi connectivity index (χ1n) is 6.39. The van der Waals surface area contributed by atoms with Gasteiger partial charge in [0.15, 0.2) is 5.01 Å². The molecule has 0 saturated carbocycles. The van der Waals surface area contributed by atoms with Gasteiger partial charge in [-0.2, -0.15) is 0 Å². The van der Waals surface area contributed by atoms with Crippen molar-refractivity contribution >= 4 is 27.5 Å². The molecule has 0 spiro atoms. The molecule has 0 N–H and O–H groups in total. The zero-order valence-electron chi connectivity index (χ0n) is 11.1. The van der Waals surface area contributed by atoms with E-state index in [2.05, 4.69) is 4.98 Å². The van der Waals surface area contributed by atoms with Crippen molar-refractivity contribution < 1.29 is 4.79 Å². The highest BCUT2D eigenvalue weighted by Crippen LogP contribution is 2.22. The molecular weight excluding hydrogens is 268 g/mol. The van der Waals surface area contributed by atoms with E-state index >= 15 is 0 Å². The largest absolute Gasteiger partial charge is 0.335 e. The second-order valence-electron chi connectivity index (χ2n) is 4.63. The van der Waals surface area contributed by atoms with Crippen LogP contribution in [0.15, 0.2) is 54.6 Å². The molecule has 100 valence electrons. The average molecular weight is 282 g/mol. The Bertz CT molecular complexity index is 703. The van der Waals surface area contributed by atoms with Gasteiger partial charge in [0, 0.05) is 13.6 Å². The molecule has 1 aromatic heterocycles. The van der Waals surface area contributed by atoms with Crippen LogP contribution in [0.25, 0.3) is 10.2 Å². The number of para-hydroxylation sites is 1. The van der Waals surface area contributed by atoms with Gasteiger partial charge in [0.05, 0.1) is 10.2 Å². The Morgan fingerprint density at radius 3 is 2.55 bits per heavy atom. The highest BCUT2D eigenvalue weighted by molar-refractivity contribution is 7.20. The summed E-state index contributed by atoms with van der Waals surface area (Å²) in [6.45, 7) is 0.593. The third kappa shape index (κ3) is 2.56. The summed E-state index contributed by atoms with van der Waals surface area (Å²) in [4.78, 5) is 18.5. The van der Waals surface area contributed by atoms with Crippen LogP contribution < -0.4 is 0 Å². The van der Waals surface area contributed by atoms with Crippen molar-refractivity contribution in [1.29, 1.82) is 0 Å². The van der Waals surface area contributed by atoms with Gasteiger partial charge >= 0.3 is 0 Å². The second kappa shape index (κ2) is 5.43. The number of fused-ring (bicyclic) bond motifs is 1. The van der Waals surface area contributed by atoms with Gasteiger partial charge in [-0.25, -0.2) is 4.98 Å². The molecule has 0 aliphatic heterocycles. The molecule has 3 aromatic rings. The Balaban J connectivity index is 1.81. The van der Waals surface area contributed by atoms with E-state index in [0.29, 0.717) is 11.6 Å². The number of amides is 1. The van der Waals surface area contributed by atoms with Crippen LogP contribution in [-0.2, 0) is 6.54 Å².